The molecule has 2 aromatic rings. The zero-order valence-corrected chi connectivity index (χ0v) is 13.7. The van der Waals surface area contributed by atoms with Crippen LogP contribution in [0.5, 0.6) is 0 Å². The Bertz CT molecular complexity index is 643. The van der Waals surface area contributed by atoms with E-state index in [2.05, 4.69) is 29.0 Å². The summed E-state index contributed by atoms with van der Waals surface area (Å²) in [6.45, 7) is 9.97. The van der Waals surface area contributed by atoms with E-state index in [1.165, 1.54) is 0 Å². The number of carbonyl (C=O) groups is 1. The van der Waals surface area contributed by atoms with Crippen molar-refractivity contribution in [2.75, 3.05) is 23.3 Å². The van der Waals surface area contributed by atoms with E-state index in [9.17, 15) is 4.79 Å². The smallest absolute Gasteiger partial charge is 0.274 e. The van der Waals surface area contributed by atoms with E-state index < -0.39 is 0 Å². The molecule has 0 aliphatic heterocycles. The van der Waals surface area contributed by atoms with E-state index in [1.54, 1.807) is 6.20 Å². The molecule has 0 aliphatic carbocycles. The maximum absolute atomic E-state index is 12.5. The lowest BCUT2D eigenvalue weighted by Crippen LogP contribution is -2.23. The van der Waals surface area contributed by atoms with Crippen LogP contribution in [0.1, 0.15) is 35.5 Å². The van der Waals surface area contributed by atoms with Gasteiger partial charge in [-0.25, -0.2) is 0 Å². The molecule has 1 N–H and O–H groups in total. The number of aromatic nitrogens is 1. The second-order valence-corrected chi connectivity index (χ2v) is 5.29. The molecule has 0 spiro atoms. The van der Waals surface area contributed by atoms with Gasteiger partial charge in [-0.15, -0.1) is 0 Å². The summed E-state index contributed by atoms with van der Waals surface area (Å²) in [6.07, 6.45) is 1.69. The second kappa shape index (κ2) is 7.07. The van der Waals surface area contributed by atoms with Gasteiger partial charge < -0.3 is 10.2 Å². The van der Waals surface area contributed by atoms with Crippen LogP contribution in [0.3, 0.4) is 0 Å². The van der Waals surface area contributed by atoms with Crippen LogP contribution in [0.25, 0.3) is 0 Å². The van der Waals surface area contributed by atoms with Crippen LogP contribution < -0.4 is 10.2 Å². The molecule has 0 saturated carbocycles. The third-order valence-corrected chi connectivity index (χ3v) is 3.82. The summed E-state index contributed by atoms with van der Waals surface area (Å²) in [6, 6.07) is 9.74. The van der Waals surface area contributed by atoms with Gasteiger partial charge in [0.1, 0.15) is 5.69 Å². The van der Waals surface area contributed by atoms with E-state index in [-0.39, 0.29) is 5.91 Å². The molecule has 4 heteroatoms. The number of para-hydroxylation sites is 1. The number of anilines is 2. The molecule has 22 heavy (non-hydrogen) atoms. The van der Waals surface area contributed by atoms with Crippen molar-refractivity contribution in [3.63, 3.8) is 0 Å². The zero-order chi connectivity index (χ0) is 16.1. The molecule has 1 amide bonds. The SMILES string of the molecule is CCN(CC)c1ccnc(C(=O)Nc2c(C)cccc2C)c1. The van der Waals surface area contributed by atoms with Gasteiger partial charge in [-0.2, -0.15) is 0 Å². The number of hydrogen-bond acceptors (Lipinski definition) is 3. The Labute approximate surface area is 132 Å². The lowest BCUT2D eigenvalue weighted by Gasteiger charge is -2.21. The fourth-order valence-electron chi connectivity index (χ4n) is 2.52. The van der Waals surface area contributed by atoms with Crippen molar-refractivity contribution in [1.29, 1.82) is 0 Å². The number of rotatable bonds is 5. The van der Waals surface area contributed by atoms with Crippen LogP contribution in [0.2, 0.25) is 0 Å². The molecule has 4 nitrogen and oxygen atoms in total. The minimum Gasteiger partial charge on any atom is -0.372 e. The van der Waals surface area contributed by atoms with E-state index in [0.717, 1.165) is 35.6 Å². The lowest BCUT2D eigenvalue weighted by atomic mass is 10.1. The van der Waals surface area contributed by atoms with Crippen LogP contribution in [0, 0.1) is 13.8 Å². The topological polar surface area (TPSA) is 45.2 Å². The third-order valence-electron chi connectivity index (χ3n) is 3.82. The Hall–Kier alpha value is -2.36. The summed E-state index contributed by atoms with van der Waals surface area (Å²) >= 11 is 0. The Balaban J connectivity index is 2.25. The van der Waals surface area contributed by atoms with Crippen LogP contribution in [-0.4, -0.2) is 24.0 Å². The minimum atomic E-state index is -0.175. The molecule has 0 aliphatic rings. The molecule has 0 fully saturated rings. The van der Waals surface area contributed by atoms with E-state index in [0.29, 0.717) is 5.69 Å². The first kappa shape index (κ1) is 16.0. The van der Waals surface area contributed by atoms with Crippen LogP contribution in [0.4, 0.5) is 11.4 Å². The first-order chi connectivity index (χ1) is 10.6. The molecule has 0 radical (unpaired) electrons. The van der Waals surface area contributed by atoms with Crippen molar-refractivity contribution in [3.8, 4) is 0 Å². The predicted octanol–water partition coefficient (Wildman–Crippen LogP) is 3.80. The van der Waals surface area contributed by atoms with Gasteiger partial charge in [0.05, 0.1) is 0 Å². The number of nitrogens with zero attached hydrogens (tertiary/aromatic N) is 2. The van der Waals surface area contributed by atoms with Gasteiger partial charge in [-0.3, -0.25) is 9.78 Å². The molecule has 116 valence electrons. The van der Waals surface area contributed by atoms with E-state index in [1.807, 2.05) is 44.2 Å². The van der Waals surface area contributed by atoms with Crippen molar-refractivity contribution in [1.82, 2.24) is 4.98 Å². The average molecular weight is 297 g/mol. The molecule has 0 bridgehead atoms. The summed E-state index contributed by atoms with van der Waals surface area (Å²) < 4.78 is 0. The molecular formula is C18H23N3O. The molecule has 2 rings (SSSR count). The van der Waals surface area contributed by atoms with Gasteiger partial charge >= 0.3 is 0 Å². The fraction of sp³-hybridized carbons (Fsp3) is 0.333. The highest BCUT2D eigenvalue weighted by molar-refractivity contribution is 6.04. The number of benzene rings is 1. The molecule has 1 heterocycles. The number of nitrogens with one attached hydrogen (secondary N) is 1. The van der Waals surface area contributed by atoms with Crippen LogP contribution in [-0.2, 0) is 0 Å². The molecule has 1 aromatic carbocycles. The first-order valence-corrected chi connectivity index (χ1v) is 7.65. The molecule has 0 saturated heterocycles. The van der Waals surface area contributed by atoms with Crippen molar-refractivity contribution in [3.05, 3.63) is 53.3 Å². The van der Waals surface area contributed by atoms with Gasteiger partial charge in [-0.05, 0) is 51.0 Å². The summed E-state index contributed by atoms with van der Waals surface area (Å²) in [7, 11) is 0. The van der Waals surface area contributed by atoms with Gasteiger partial charge in [0.25, 0.3) is 5.91 Å². The molecule has 1 aromatic heterocycles. The van der Waals surface area contributed by atoms with Crippen molar-refractivity contribution in [2.45, 2.75) is 27.7 Å². The molecular weight excluding hydrogens is 274 g/mol. The van der Waals surface area contributed by atoms with E-state index in [4.69, 9.17) is 0 Å². The number of aryl methyl sites for hydroxylation is 2. The van der Waals surface area contributed by atoms with Gasteiger partial charge in [-0.1, -0.05) is 18.2 Å². The summed E-state index contributed by atoms with van der Waals surface area (Å²) in [4.78, 5) is 18.9. The van der Waals surface area contributed by atoms with Gasteiger partial charge in [0.15, 0.2) is 0 Å². The lowest BCUT2D eigenvalue weighted by molar-refractivity contribution is 0.102. The van der Waals surface area contributed by atoms with Crippen molar-refractivity contribution >= 4 is 17.3 Å². The summed E-state index contributed by atoms with van der Waals surface area (Å²) in [5.41, 5.74) is 4.42. The number of amides is 1. The highest BCUT2D eigenvalue weighted by Gasteiger charge is 2.12. The Morgan fingerprint density at radius 2 is 1.77 bits per heavy atom. The average Bonchev–Trinajstić information content (AvgIpc) is 2.52. The highest BCUT2D eigenvalue weighted by Crippen LogP contribution is 2.21. The largest absolute Gasteiger partial charge is 0.372 e. The summed E-state index contributed by atoms with van der Waals surface area (Å²) in [5, 5.41) is 2.98. The Morgan fingerprint density at radius 3 is 2.36 bits per heavy atom. The van der Waals surface area contributed by atoms with Crippen LogP contribution in [0.15, 0.2) is 36.5 Å². The summed E-state index contributed by atoms with van der Waals surface area (Å²) in [5.74, 6) is -0.175. The van der Waals surface area contributed by atoms with Crippen molar-refractivity contribution < 1.29 is 4.79 Å². The number of hydrogen-bond donors (Lipinski definition) is 1. The van der Waals surface area contributed by atoms with Gasteiger partial charge in [0, 0.05) is 30.7 Å². The third kappa shape index (κ3) is 3.45. The number of carbonyl (C=O) groups excluding carboxylic acids is 1. The minimum absolute atomic E-state index is 0.175. The van der Waals surface area contributed by atoms with E-state index >= 15 is 0 Å². The normalized spacial score (nSPS) is 10.4. The maximum atomic E-state index is 12.5. The fourth-order valence-corrected chi connectivity index (χ4v) is 2.52. The maximum Gasteiger partial charge on any atom is 0.274 e. The van der Waals surface area contributed by atoms with Gasteiger partial charge in [0.2, 0.25) is 0 Å². The predicted molar refractivity (Wildman–Crippen MR) is 91.7 cm³/mol. The van der Waals surface area contributed by atoms with Crippen LogP contribution >= 0.6 is 0 Å². The monoisotopic (exact) mass is 297 g/mol. The molecule has 0 unspecified atom stereocenters. The Kier molecular flexibility index (Phi) is 5.15. The zero-order valence-electron chi connectivity index (χ0n) is 13.7. The number of pyridine rings is 1. The highest BCUT2D eigenvalue weighted by atomic mass is 16.1. The van der Waals surface area contributed by atoms with Crippen molar-refractivity contribution in [2.24, 2.45) is 0 Å². The standard InChI is InChI=1S/C18H23N3O/c1-5-21(6-2)15-10-11-19-16(12-15)18(22)20-17-13(3)8-7-9-14(17)4/h7-12H,5-6H2,1-4H3,(H,20,22). The quantitative estimate of drug-likeness (QED) is 0.913. The molecule has 0 atom stereocenters. The first-order valence-electron chi connectivity index (χ1n) is 7.65. The second-order valence-electron chi connectivity index (χ2n) is 5.29. The Morgan fingerprint density at radius 1 is 1.14 bits per heavy atom.